The van der Waals surface area contributed by atoms with Crippen molar-refractivity contribution in [2.75, 3.05) is 0 Å². The van der Waals surface area contributed by atoms with E-state index in [1.807, 2.05) is 19.9 Å². The van der Waals surface area contributed by atoms with Crippen LogP contribution in [0.15, 0.2) is 46.6 Å². The molecule has 0 bridgehead atoms. The minimum absolute atomic E-state index is 0.224. The fraction of sp³-hybridized carbons (Fsp3) is 0.591. The summed E-state index contributed by atoms with van der Waals surface area (Å²) >= 11 is 0. The molecule has 0 spiro atoms. The third kappa shape index (κ3) is 7.30. The highest BCUT2D eigenvalue weighted by Gasteiger charge is 2.22. The molecule has 0 saturated heterocycles. The number of esters is 1. The number of ether oxygens (including phenoxy) is 1. The van der Waals surface area contributed by atoms with Crippen LogP contribution in [0.5, 0.6) is 0 Å². The highest BCUT2D eigenvalue weighted by atomic mass is 16.5. The van der Waals surface area contributed by atoms with Crippen molar-refractivity contribution < 1.29 is 19.7 Å². The van der Waals surface area contributed by atoms with Crippen LogP contribution >= 0.6 is 0 Å². The average molecular weight is 363 g/mol. The Hall–Kier alpha value is -1.65. The smallest absolute Gasteiger partial charge is 0.303 e. The molecule has 1 aliphatic carbocycles. The van der Waals surface area contributed by atoms with Gasteiger partial charge in [0, 0.05) is 13.3 Å². The lowest BCUT2D eigenvalue weighted by atomic mass is 9.91. The SMILES string of the molecule is CC(=O)OC1C/C(C)=C/C(O)C(O)/C(C)=C/CC/C(C)=C/C=C\1C(C)C. The van der Waals surface area contributed by atoms with Crippen molar-refractivity contribution in [3.05, 3.63) is 46.6 Å². The predicted octanol–water partition coefficient (Wildman–Crippen LogP) is 4.25. The number of carbonyl (C=O) groups excluding carboxylic acids is 1. The summed E-state index contributed by atoms with van der Waals surface area (Å²) in [7, 11) is 0. The molecule has 0 heterocycles. The van der Waals surface area contributed by atoms with Gasteiger partial charge in [-0.05, 0) is 50.7 Å². The molecule has 3 atom stereocenters. The van der Waals surface area contributed by atoms with Crippen molar-refractivity contribution in [2.45, 2.75) is 79.1 Å². The highest BCUT2D eigenvalue weighted by Crippen LogP contribution is 2.25. The van der Waals surface area contributed by atoms with Crippen molar-refractivity contribution >= 4 is 5.97 Å². The molecule has 0 aromatic carbocycles. The first-order valence-electron chi connectivity index (χ1n) is 9.36. The first-order valence-corrected chi connectivity index (χ1v) is 9.36. The lowest BCUT2D eigenvalue weighted by Crippen LogP contribution is -2.26. The van der Waals surface area contributed by atoms with E-state index < -0.39 is 12.2 Å². The van der Waals surface area contributed by atoms with Gasteiger partial charge in [-0.2, -0.15) is 0 Å². The van der Waals surface area contributed by atoms with Gasteiger partial charge in [0.1, 0.15) is 18.3 Å². The van der Waals surface area contributed by atoms with Gasteiger partial charge in [-0.1, -0.05) is 49.3 Å². The Kier molecular flexibility index (Phi) is 9.03. The van der Waals surface area contributed by atoms with Crippen molar-refractivity contribution in [2.24, 2.45) is 5.92 Å². The molecule has 26 heavy (non-hydrogen) atoms. The number of rotatable bonds is 2. The normalized spacial score (nSPS) is 34.3. The molecule has 0 aromatic heterocycles. The Balaban J connectivity index is 3.32. The molecule has 2 N–H and O–H groups in total. The summed E-state index contributed by atoms with van der Waals surface area (Å²) < 4.78 is 5.58. The second kappa shape index (κ2) is 10.5. The van der Waals surface area contributed by atoms with Gasteiger partial charge in [-0.15, -0.1) is 0 Å². The Bertz CT molecular complexity index is 608. The van der Waals surface area contributed by atoms with Crippen molar-refractivity contribution in [3.63, 3.8) is 0 Å². The predicted molar refractivity (Wildman–Crippen MR) is 106 cm³/mol. The number of aliphatic hydroxyl groups excluding tert-OH is 2. The molecule has 0 radical (unpaired) electrons. The number of carbonyl (C=O) groups is 1. The third-order valence-electron chi connectivity index (χ3n) is 4.66. The molecule has 0 aromatic rings. The molecule has 4 heteroatoms. The zero-order chi connectivity index (χ0) is 19.9. The van der Waals surface area contributed by atoms with Gasteiger partial charge in [0.05, 0.1) is 0 Å². The molecule has 1 aliphatic rings. The zero-order valence-electron chi connectivity index (χ0n) is 17.0. The van der Waals surface area contributed by atoms with Gasteiger partial charge in [0.2, 0.25) is 0 Å². The summed E-state index contributed by atoms with van der Waals surface area (Å²) in [6, 6.07) is 0. The molecule has 0 saturated carbocycles. The van der Waals surface area contributed by atoms with Crippen LogP contribution in [0, 0.1) is 5.92 Å². The van der Waals surface area contributed by atoms with Gasteiger partial charge < -0.3 is 14.9 Å². The van der Waals surface area contributed by atoms with E-state index >= 15 is 0 Å². The van der Waals surface area contributed by atoms with Crippen LogP contribution in [0.4, 0.5) is 0 Å². The molecule has 146 valence electrons. The molecular weight excluding hydrogens is 328 g/mol. The lowest BCUT2D eigenvalue weighted by molar-refractivity contribution is -0.144. The molecular formula is C22H34O4. The van der Waals surface area contributed by atoms with Crippen molar-refractivity contribution in [3.8, 4) is 0 Å². The molecule has 3 unspecified atom stereocenters. The lowest BCUT2D eigenvalue weighted by Gasteiger charge is -2.24. The fourth-order valence-electron chi connectivity index (χ4n) is 3.08. The van der Waals surface area contributed by atoms with Gasteiger partial charge >= 0.3 is 5.97 Å². The maximum Gasteiger partial charge on any atom is 0.303 e. The van der Waals surface area contributed by atoms with E-state index in [2.05, 4.69) is 32.9 Å². The van der Waals surface area contributed by atoms with Crippen LogP contribution in [0.3, 0.4) is 0 Å². The van der Waals surface area contributed by atoms with Gasteiger partial charge in [-0.25, -0.2) is 0 Å². The van der Waals surface area contributed by atoms with Crippen LogP contribution in [-0.4, -0.2) is 34.5 Å². The summed E-state index contributed by atoms with van der Waals surface area (Å²) in [5.74, 6) is -0.0997. The summed E-state index contributed by atoms with van der Waals surface area (Å²) in [6.07, 6.45) is 7.67. The Morgan fingerprint density at radius 2 is 1.81 bits per heavy atom. The number of hydrogen-bond acceptors (Lipinski definition) is 4. The van der Waals surface area contributed by atoms with Crippen LogP contribution in [0.2, 0.25) is 0 Å². The van der Waals surface area contributed by atoms with E-state index in [-0.39, 0.29) is 18.0 Å². The van der Waals surface area contributed by atoms with Crippen LogP contribution in [0.25, 0.3) is 0 Å². The summed E-state index contributed by atoms with van der Waals surface area (Å²) in [5, 5.41) is 20.6. The van der Waals surface area contributed by atoms with Crippen LogP contribution in [0.1, 0.15) is 60.8 Å². The van der Waals surface area contributed by atoms with Crippen molar-refractivity contribution in [1.29, 1.82) is 0 Å². The molecule has 1 rings (SSSR count). The van der Waals surface area contributed by atoms with Crippen LogP contribution in [-0.2, 0) is 9.53 Å². The highest BCUT2D eigenvalue weighted by molar-refractivity contribution is 5.66. The second-order valence-corrected chi connectivity index (χ2v) is 7.57. The molecule has 0 aliphatic heterocycles. The number of hydrogen-bond donors (Lipinski definition) is 2. The first kappa shape index (κ1) is 22.4. The monoisotopic (exact) mass is 362 g/mol. The Morgan fingerprint density at radius 1 is 1.15 bits per heavy atom. The van der Waals surface area contributed by atoms with Gasteiger partial charge in [0.25, 0.3) is 0 Å². The van der Waals surface area contributed by atoms with Gasteiger partial charge in [-0.3, -0.25) is 4.79 Å². The van der Waals surface area contributed by atoms with Crippen molar-refractivity contribution in [1.82, 2.24) is 0 Å². The Labute approximate surface area is 158 Å². The average Bonchev–Trinajstić information content (AvgIpc) is 2.52. The quantitative estimate of drug-likeness (QED) is 0.569. The summed E-state index contributed by atoms with van der Waals surface area (Å²) in [6.45, 7) is 11.4. The number of allylic oxidation sites excluding steroid dienone is 4. The summed E-state index contributed by atoms with van der Waals surface area (Å²) in [4.78, 5) is 11.6. The zero-order valence-corrected chi connectivity index (χ0v) is 17.0. The van der Waals surface area contributed by atoms with Gasteiger partial charge in [0.15, 0.2) is 0 Å². The largest absolute Gasteiger partial charge is 0.458 e. The minimum Gasteiger partial charge on any atom is -0.458 e. The number of aliphatic hydroxyl groups is 2. The first-order chi connectivity index (χ1) is 12.1. The van der Waals surface area contributed by atoms with Crippen LogP contribution < -0.4 is 0 Å². The van der Waals surface area contributed by atoms with E-state index in [1.165, 1.54) is 12.5 Å². The topological polar surface area (TPSA) is 66.8 Å². The molecule has 0 amide bonds. The molecule has 0 fully saturated rings. The standard InChI is InChI=1S/C22H34O4/c1-14(2)19-11-10-15(3)8-7-9-17(5)22(25)20(24)12-16(4)13-21(19)26-18(6)23/h9-12,14,20-22,24-25H,7-8,13H2,1-6H3/b15-10+,16-12+,17-9+,19-11-. The summed E-state index contributed by atoms with van der Waals surface area (Å²) in [5.41, 5.74) is 3.90. The third-order valence-corrected chi connectivity index (χ3v) is 4.66. The Morgan fingerprint density at radius 3 is 2.38 bits per heavy atom. The maximum atomic E-state index is 11.6. The second-order valence-electron chi connectivity index (χ2n) is 7.57. The maximum absolute atomic E-state index is 11.6. The van der Waals surface area contributed by atoms with E-state index in [0.717, 1.165) is 29.6 Å². The van der Waals surface area contributed by atoms with E-state index in [4.69, 9.17) is 4.74 Å². The van der Waals surface area contributed by atoms with E-state index in [1.54, 1.807) is 6.08 Å². The van der Waals surface area contributed by atoms with E-state index in [0.29, 0.717) is 6.42 Å². The fourth-order valence-corrected chi connectivity index (χ4v) is 3.08. The minimum atomic E-state index is -0.977. The molecule has 4 nitrogen and oxygen atoms in total. The van der Waals surface area contributed by atoms with E-state index in [9.17, 15) is 15.0 Å².